The first kappa shape index (κ1) is 27.8. The van der Waals surface area contributed by atoms with Gasteiger partial charge in [0.1, 0.15) is 21.7 Å². The van der Waals surface area contributed by atoms with Crippen LogP contribution in [-0.2, 0) is 11.3 Å². The molecule has 11 heteroatoms. The van der Waals surface area contributed by atoms with E-state index in [-0.39, 0.29) is 48.5 Å². The molecular weight excluding hydrogens is 536 g/mol. The van der Waals surface area contributed by atoms with Gasteiger partial charge < -0.3 is 9.84 Å². The molecular formula is C28H24N4O5S2. The number of nitrogens with zero attached hydrogens (tertiary/aromatic N) is 4. The molecule has 0 spiro atoms. The maximum absolute atomic E-state index is 13.2. The molecule has 3 aromatic rings. The van der Waals surface area contributed by atoms with Crippen molar-refractivity contribution in [3.8, 4) is 17.7 Å². The maximum atomic E-state index is 13.2. The second-order valence-corrected chi connectivity index (χ2v) is 10.4. The molecule has 1 aromatic carbocycles. The number of hydrogen-bond acceptors (Lipinski definition) is 9. The number of ether oxygens (including phenoxy) is 1. The van der Waals surface area contributed by atoms with E-state index in [2.05, 4.69) is 4.98 Å². The lowest BCUT2D eigenvalue weighted by molar-refractivity contribution is -0.122. The number of nitriles is 1. The summed E-state index contributed by atoms with van der Waals surface area (Å²) in [4.78, 5) is 44.9. The van der Waals surface area contributed by atoms with E-state index in [1.54, 1.807) is 43.6 Å². The first-order valence-electron chi connectivity index (χ1n) is 11.9. The number of aromatic hydroxyl groups is 1. The van der Waals surface area contributed by atoms with Gasteiger partial charge in [-0.1, -0.05) is 42.2 Å². The number of hydrogen-bond donors (Lipinski definition) is 1. The number of thiocarbonyl (C=S) groups is 1. The number of rotatable bonds is 9. The zero-order valence-corrected chi connectivity index (χ0v) is 22.8. The summed E-state index contributed by atoms with van der Waals surface area (Å²) in [7, 11) is 1.58. The summed E-state index contributed by atoms with van der Waals surface area (Å²) in [6.07, 6.45) is 5.09. The molecule has 0 aliphatic carbocycles. The summed E-state index contributed by atoms with van der Waals surface area (Å²) in [5.74, 6) is -0.483. The van der Waals surface area contributed by atoms with E-state index in [0.29, 0.717) is 20.5 Å². The lowest BCUT2D eigenvalue weighted by Gasteiger charge is -2.17. The number of aromatic nitrogens is 2. The number of thioether (sulfide) groups is 1. The van der Waals surface area contributed by atoms with Crippen LogP contribution in [0.3, 0.4) is 0 Å². The van der Waals surface area contributed by atoms with E-state index in [9.17, 15) is 24.8 Å². The summed E-state index contributed by atoms with van der Waals surface area (Å²) in [6.45, 7) is 1.62. The standard InChI is InChI=1S/C28H24N4O5S2/c1-17-21(14-29)25(34)32(16-19-5-3-11-30-15-19)27(36)24(17)22(33)6-4-12-31-26(35)23(39-28(31)38)13-18-7-9-20(37-2)10-8-18/h3,5,7-11,13,15,36H,4,6,12,16H2,1-2H3/b23-13-. The van der Waals surface area contributed by atoms with Crippen molar-refractivity contribution in [2.45, 2.75) is 26.3 Å². The van der Waals surface area contributed by atoms with Gasteiger partial charge in [0.25, 0.3) is 11.5 Å². The highest BCUT2D eigenvalue weighted by atomic mass is 32.2. The van der Waals surface area contributed by atoms with Crippen molar-refractivity contribution in [1.82, 2.24) is 14.5 Å². The van der Waals surface area contributed by atoms with E-state index in [1.165, 1.54) is 29.8 Å². The molecule has 1 N–H and O–H groups in total. The van der Waals surface area contributed by atoms with Crippen molar-refractivity contribution >= 4 is 46.1 Å². The van der Waals surface area contributed by atoms with Gasteiger partial charge in [0.15, 0.2) is 5.78 Å². The third kappa shape index (κ3) is 5.92. The molecule has 1 amide bonds. The fraction of sp³-hybridized carbons (Fsp3) is 0.214. The van der Waals surface area contributed by atoms with Crippen LogP contribution in [0.15, 0.2) is 58.5 Å². The van der Waals surface area contributed by atoms with E-state index in [1.807, 2.05) is 18.2 Å². The predicted molar refractivity (Wildman–Crippen MR) is 152 cm³/mol. The number of carbonyl (C=O) groups excluding carboxylic acids is 2. The van der Waals surface area contributed by atoms with Crippen molar-refractivity contribution in [2.75, 3.05) is 13.7 Å². The SMILES string of the molecule is COc1ccc(/C=C2\SC(=S)N(CCCC(=O)c3c(C)c(C#N)c(=O)n(Cc4cccnc4)c3O)C2=O)cc1. The third-order valence-corrected chi connectivity index (χ3v) is 7.59. The van der Waals surface area contributed by atoms with E-state index >= 15 is 0 Å². The number of Topliss-reactive ketones (excluding diaryl/α,β-unsaturated/α-hetero) is 1. The minimum atomic E-state index is -0.686. The van der Waals surface area contributed by atoms with E-state index in [0.717, 1.165) is 10.1 Å². The maximum Gasteiger partial charge on any atom is 0.271 e. The molecule has 39 heavy (non-hydrogen) atoms. The summed E-state index contributed by atoms with van der Waals surface area (Å²) in [6, 6.07) is 12.5. The summed E-state index contributed by atoms with van der Waals surface area (Å²) >= 11 is 6.58. The lowest BCUT2D eigenvalue weighted by Crippen LogP contribution is -2.30. The quantitative estimate of drug-likeness (QED) is 0.234. The Hall–Kier alpha value is -4.27. The minimum absolute atomic E-state index is 0.0288. The molecule has 1 saturated heterocycles. The van der Waals surface area contributed by atoms with E-state index < -0.39 is 17.2 Å². The smallest absolute Gasteiger partial charge is 0.271 e. The van der Waals surface area contributed by atoms with Crippen LogP contribution < -0.4 is 10.3 Å². The highest BCUT2D eigenvalue weighted by molar-refractivity contribution is 8.26. The normalized spacial score (nSPS) is 14.1. The second kappa shape index (κ2) is 12.1. The highest BCUT2D eigenvalue weighted by Gasteiger charge is 2.32. The molecule has 0 saturated carbocycles. The minimum Gasteiger partial charge on any atom is -0.497 e. The Morgan fingerprint density at radius 1 is 1.26 bits per heavy atom. The zero-order valence-electron chi connectivity index (χ0n) is 21.2. The predicted octanol–water partition coefficient (Wildman–Crippen LogP) is 4.05. The van der Waals surface area contributed by atoms with Gasteiger partial charge in [-0.05, 0) is 54.3 Å². The molecule has 3 heterocycles. The first-order chi connectivity index (χ1) is 18.7. The number of pyridine rings is 2. The number of amides is 1. The van der Waals surface area contributed by atoms with Gasteiger partial charge in [-0.2, -0.15) is 5.26 Å². The molecule has 1 aliphatic heterocycles. The molecule has 0 atom stereocenters. The van der Waals surface area contributed by atoms with Crippen molar-refractivity contribution in [1.29, 1.82) is 5.26 Å². The third-order valence-electron chi connectivity index (χ3n) is 6.22. The Kier molecular flexibility index (Phi) is 8.59. The fourth-order valence-corrected chi connectivity index (χ4v) is 5.48. The molecule has 0 radical (unpaired) electrons. The van der Waals surface area contributed by atoms with Gasteiger partial charge in [0.2, 0.25) is 5.88 Å². The van der Waals surface area contributed by atoms with Gasteiger partial charge in [0.05, 0.1) is 24.1 Å². The van der Waals surface area contributed by atoms with Crippen LogP contribution in [-0.4, -0.2) is 49.2 Å². The number of ketones is 1. The fourth-order valence-electron chi connectivity index (χ4n) is 4.17. The topological polar surface area (TPSA) is 126 Å². The van der Waals surface area contributed by atoms with Crippen molar-refractivity contribution < 1.29 is 19.4 Å². The molecule has 0 unspecified atom stereocenters. The Bertz CT molecular complexity index is 1570. The Labute approximate surface area is 234 Å². The van der Waals surface area contributed by atoms with Crippen LogP contribution in [0.5, 0.6) is 11.6 Å². The molecule has 9 nitrogen and oxygen atoms in total. The summed E-state index contributed by atoms with van der Waals surface area (Å²) in [5, 5.41) is 20.5. The van der Waals surface area contributed by atoms with Gasteiger partial charge in [-0.3, -0.25) is 28.8 Å². The number of benzene rings is 1. The monoisotopic (exact) mass is 560 g/mol. The molecule has 0 bridgehead atoms. The van der Waals surface area contributed by atoms with Crippen LogP contribution in [0, 0.1) is 18.3 Å². The average Bonchev–Trinajstić information content (AvgIpc) is 3.19. The summed E-state index contributed by atoms with van der Waals surface area (Å²) < 4.78 is 6.55. The largest absolute Gasteiger partial charge is 0.497 e. The first-order valence-corrected chi connectivity index (χ1v) is 13.2. The second-order valence-electron chi connectivity index (χ2n) is 8.70. The van der Waals surface area contributed by atoms with Crippen molar-refractivity contribution in [3.63, 3.8) is 0 Å². The van der Waals surface area contributed by atoms with Gasteiger partial charge in [-0.15, -0.1) is 0 Å². The molecule has 4 rings (SSSR count). The van der Waals surface area contributed by atoms with Crippen LogP contribution in [0.2, 0.25) is 0 Å². The van der Waals surface area contributed by atoms with Gasteiger partial charge in [-0.25, -0.2) is 0 Å². The van der Waals surface area contributed by atoms with Crippen LogP contribution >= 0.6 is 24.0 Å². The van der Waals surface area contributed by atoms with Crippen LogP contribution in [0.25, 0.3) is 6.08 Å². The van der Waals surface area contributed by atoms with Crippen LogP contribution in [0.1, 0.15) is 45.5 Å². The summed E-state index contributed by atoms with van der Waals surface area (Å²) in [5.41, 5.74) is 0.598. The molecule has 2 aromatic heterocycles. The van der Waals surface area contributed by atoms with Crippen molar-refractivity contribution in [2.24, 2.45) is 0 Å². The number of methoxy groups -OCH3 is 1. The Morgan fingerprint density at radius 2 is 2.00 bits per heavy atom. The highest BCUT2D eigenvalue weighted by Crippen LogP contribution is 2.33. The lowest BCUT2D eigenvalue weighted by atomic mass is 9.99. The Morgan fingerprint density at radius 3 is 2.64 bits per heavy atom. The molecule has 1 aliphatic rings. The Balaban J connectivity index is 1.48. The van der Waals surface area contributed by atoms with Crippen molar-refractivity contribution in [3.05, 3.63) is 91.9 Å². The van der Waals surface area contributed by atoms with Gasteiger partial charge in [0, 0.05) is 25.4 Å². The van der Waals surface area contributed by atoms with E-state index in [4.69, 9.17) is 17.0 Å². The molecule has 1 fully saturated rings. The molecule has 198 valence electrons. The number of carbonyl (C=O) groups is 2. The van der Waals surface area contributed by atoms with Gasteiger partial charge >= 0.3 is 0 Å². The average molecular weight is 561 g/mol. The zero-order chi connectivity index (χ0) is 28.1. The van der Waals surface area contributed by atoms with Crippen LogP contribution in [0.4, 0.5) is 0 Å².